The lowest BCUT2D eigenvalue weighted by molar-refractivity contribution is -0.779. The Morgan fingerprint density at radius 2 is 1.67 bits per heavy atom. The molecule has 9 heavy (non-hydrogen) atoms. The summed E-state index contributed by atoms with van der Waals surface area (Å²) in [5, 5.41) is 0. The molecule has 0 atom stereocenters. The van der Waals surface area contributed by atoms with E-state index in [1.165, 1.54) is 21.1 Å². The lowest BCUT2D eigenvalue weighted by atomic mass is 9.76. The molecule has 0 fully saturated rings. The van der Waals surface area contributed by atoms with Crippen molar-refractivity contribution in [3.05, 3.63) is 12.6 Å². The van der Waals surface area contributed by atoms with Crippen LogP contribution in [0.15, 0.2) is 12.6 Å². The summed E-state index contributed by atoms with van der Waals surface area (Å²) >= 11 is 0. The zero-order valence-electron chi connectivity index (χ0n) is 6.06. The highest BCUT2D eigenvalue weighted by molar-refractivity contribution is 6.63. The van der Waals surface area contributed by atoms with E-state index in [1.807, 2.05) is 0 Å². The molecule has 0 aliphatic rings. The average molecular weight is 135 g/mol. The number of halogens is 2. The number of nitrogens with zero attached hydrogens (tertiary/aromatic N) is 1. The summed E-state index contributed by atoms with van der Waals surface area (Å²) in [5.74, 6) is 0.722. The van der Waals surface area contributed by atoms with Crippen molar-refractivity contribution in [1.82, 2.24) is 0 Å². The highest BCUT2D eigenvalue weighted by Gasteiger charge is 2.37. The molecule has 0 amide bonds. The summed E-state index contributed by atoms with van der Waals surface area (Å²) in [6.45, 7) is -0.370. The van der Waals surface area contributed by atoms with Crippen molar-refractivity contribution >= 4 is 6.84 Å². The first-order valence-electron chi connectivity index (χ1n) is 2.78. The minimum absolute atomic E-state index is 0.344. The van der Waals surface area contributed by atoms with Gasteiger partial charge < -0.3 is 13.0 Å². The molecule has 0 aromatic carbocycles. The number of hydrogen-bond acceptors (Lipinski definition) is 0. The molecule has 0 N–H and O–H groups in total. The van der Waals surface area contributed by atoms with E-state index in [1.54, 1.807) is 0 Å². The Hall–Kier alpha value is -0.375. The van der Waals surface area contributed by atoms with E-state index in [4.69, 9.17) is 0 Å². The van der Waals surface area contributed by atoms with E-state index in [2.05, 4.69) is 6.58 Å². The SMILES string of the molecule is C=C[B-](F)(F)[N+](C)(C)C. The van der Waals surface area contributed by atoms with Crippen LogP contribution in [0.1, 0.15) is 0 Å². The molecule has 0 aromatic heterocycles. The van der Waals surface area contributed by atoms with Gasteiger partial charge in [0.1, 0.15) is 0 Å². The summed E-state index contributed by atoms with van der Waals surface area (Å²) < 4.78 is 24.8. The summed E-state index contributed by atoms with van der Waals surface area (Å²) in [7, 11) is 4.34. The standard InChI is InChI=1S/C5H12BF2N/c1-5-6(7,8)9(2,3)4/h5H,1H2,2-4H3. The van der Waals surface area contributed by atoms with Gasteiger partial charge in [0.2, 0.25) is 0 Å². The van der Waals surface area contributed by atoms with Crippen molar-refractivity contribution in [2.45, 2.75) is 0 Å². The van der Waals surface area contributed by atoms with Gasteiger partial charge in [0.25, 0.3) is 0 Å². The number of hydrogen-bond donors (Lipinski definition) is 0. The Bertz CT molecular complexity index is 117. The maximum Gasteiger partial charge on any atom is 0.561 e. The highest BCUT2D eigenvalue weighted by Crippen LogP contribution is 2.16. The van der Waals surface area contributed by atoms with Gasteiger partial charge in [-0.2, -0.15) is 0 Å². The zero-order valence-corrected chi connectivity index (χ0v) is 6.06. The monoisotopic (exact) mass is 135 g/mol. The van der Waals surface area contributed by atoms with Crippen LogP contribution in [0.25, 0.3) is 0 Å². The fourth-order valence-electron chi connectivity index (χ4n) is 0.316. The van der Waals surface area contributed by atoms with Crippen LogP contribution in [-0.2, 0) is 0 Å². The predicted molar refractivity (Wildman–Crippen MR) is 36.2 cm³/mol. The van der Waals surface area contributed by atoms with E-state index in [0.29, 0.717) is 0 Å². The van der Waals surface area contributed by atoms with E-state index in [0.717, 1.165) is 5.98 Å². The van der Waals surface area contributed by atoms with Crippen molar-refractivity contribution < 1.29 is 13.0 Å². The van der Waals surface area contributed by atoms with Gasteiger partial charge in [-0.05, 0) is 0 Å². The maximum atomic E-state index is 12.6. The second-order valence-corrected chi connectivity index (χ2v) is 3.03. The minimum Gasteiger partial charge on any atom is -0.460 e. The molecule has 0 unspecified atom stereocenters. The quantitative estimate of drug-likeness (QED) is 0.500. The Morgan fingerprint density at radius 3 is 1.67 bits per heavy atom. The van der Waals surface area contributed by atoms with Gasteiger partial charge in [-0.3, -0.25) is 0 Å². The van der Waals surface area contributed by atoms with Crippen LogP contribution in [0.4, 0.5) is 8.63 Å². The smallest absolute Gasteiger partial charge is 0.460 e. The van der Waals surface area contributed by atoms with Gasteiger partial charge in [-0.1, -0.05) is 0 Å². The Balaban J connectivity index is 4.32. The third-order valence-corrected chi connectivity index (χ3v) is 1.32. The predicted octanol–water partition coefficient (Wildman–Crippen LogP) is 1.30. The molecule has 4 heteroatoms. The molecule has 54 valence electrons. The average Bonchev–Trinajstić information content (AvgIpc) is 1.64. The first-order valence-corrected chi connectivity index (χ1v) is 2.78. The lowest BCUT2D eigenvalue weighted by Gasteiger charge is -2.39. The van der Waals surface area contributed by atoms with E-state index < -0.39 is 6.84 Å². The topological polar surface area (TPSA) is 0 Å². The molecule has 0 radical (unpaired) electrons. The number of quaternary nitrogens is 1. The fraction of sp³-hybridized carbons (Fsp3) is 0.600. The highest BCUT2D eigenvalue weighted by atomic mass is 19.2. The summed E-state index contributed by atoms with van der Waals surface area (Å²) in [4.78, 5) is 0. The van der Waals surface area contributed by atoms with Crippen LogP contribution in [0.5, 0.6) is 0 Å². The largest absolute Gasteiger partial charge is 0.561 e. The molecule has 0 bridgehead atoms. The third kappa shape index (κ3) is 1.79. The lowest BCUT2D eigenvalue weighted by Crippen LogP contribution is -2.54. The van der Waals surface area contributed by atoms with E-state index in [9.17, 15) is 8.63 Å². The van der Waals surface area contributed by atoms with Gasteiger partial charge >= 0.3 is 6.84 Å². The molecule has 0 aliphatic heterocycles. The molecule has 0 saturated carbocycles. The molecule has 0 rings (SSSR count). The summed E-state index contributed by atoms with van der Waals surface area (Å²) in [5.41, 5.74) is 0. The first-order chi connectivity index (χ1) is 3.81. The van der Waals surface area contributed by atoms with Crippen LogP contribution in [0.3, 0.4) is 0 Å². The van der Waals surface area contributed by atoms with Gasteiger partial charge in [0.15, 0.2) is 0 Å². The normalized spacial score (nSPS) is 13.4. The third-order valence-electron chi connectivity index (χ3n) is 1.32. The molecule has 0 heterocycles. The van der Waals surface area contributed by atoms with Gasteiger partial charge in [-0.25, -0.2) is 0 Å². The molecular weight excluding hydrogens is 123 g/mol. The Morgan fingerprint density at radius 1 is 1.33 bits per heavy atom. The van der Waals surface area contributed by atoms with Crippen molar-refractivity contribution in [3.8, 4) is 0 Å². The second-order valence-electron chi connectivity index (χ2n) is 3.03. The van der Waals surface area contributed by atoms with Crippen molar-refractivity contribution in [2.24, 2.45) is 0 Å². The second kappa shape index (κ2) is 2.10. The fourth-order valence-corrected chi connectivity index (χ4v) is 0.316. The molecule has 0 aliphatic carbocycles. The van der Waals surface area contributed by atoms with Crippen LogP contribution in [0, 0.1) is 0 Å². The van der Waals surface area contributed by atoms with Gasteiger partial charge in [-0.15, -0.1) is 12.6 Å². The van der Waals surface area contributed by atoms with Gasteiger partial charge in [0.05, 0.1) is 0 Å². The van der Waals surface area contributed by atoms with Gasteiger partial charge in [0, 0.05) is 21.1 Å². The van der Waals surface area contributed by atoms with Crippen LogP contribution in [0.2, 0.25) is 0 Å². The molecule has 0 spiro atoms. The Labute approximate surface area is 54.6 Å². The first kappa shape index (κ1) is 8.62. The molecule has 0 aromatic rings. The summed E-state index contributed by atoms with van der Waals surface area (Å²) in [6.07, 6.45) is 0. The van der Waals surface area contributed by atoms with Crippen LogP contribution in [-0.4, -0.2) is 32.4 Å². The maximum absolute atomic E-state index is 12.6. The zero-order chi connectivity index (χ0) is 7.71. The Kier molecular flexibility index (Phi) is 2.01. The number of rotatable bonds is 2. The van der Waals surface area contributed by atoms with Crippen LogP contribution >= 0.6 is 0 Å². The summed E-state index contributed by atoms with van der Waals surface area (Å²) in [6, 6.07) is 0. The molecule has 0 saturated heterocycles. The van der Waals surface area contributed by atoms with E-state index >= 15 is 0 Å². The van der Waals surface area contributed by atoms with Crippen molar-refractivity contribution in [3.63, 3.8) is 0 Å². The van der Waals surface area contributed by atoms with Crippen molar-refractivity contribution in [2.75, 3.05) is 21.1 Å². The van der Waals surface area contributed by atoms with E-state index in [-0.39, 0.29) is 4.39 Å². The molecular formula is C5H12BF2N. The van der Waals surface area contributed by atoms with Crippen molar-refractivity contribution in [1.29, 1.82) is 0 Å². The minimum atomic E-state index is -3.43. The molecule has 1 nitrogen and oxygen atoms in total. The van der Waals surface area contributed by atoms with Crippen LogP contribution < -0.4 is 0 Å².